The molecule has 0 N–H and O–H groups in total. The third-order valence-electron chi connectivity index (χ3n) is 4.09. The molecule has 0 heterocycles. The maximum Gasteiger partial charge on any atom is 0.329 e. The molecular formula is C22H25Cl2NO3. The van der Waals surface area contributed by atoms with Crippen LogP contribution in [0.4, 0.5) is 0 Å². The van der Waals surface area contributed by atoms with Gasteiger partial charge in [-0.3, -0.25) is 4.79 Å². The van der Waals surface area contributed by atoms with E-state index in [0.717, 1.165) is 5.56 Å². The molecule has 2 rings (SSSR count). The van der Waals surface area contributed by atoms with E-state index in [4.69, 9.17) is 27.9 Å². The first-order chi connectivity index (χ1) is 13.1. The second-order valence-corrected chi connectivity index (χ2v) is 8.30. The van der Waals surface area contributed by atoms with Crippen LogP contribution >= 0.6 is 23.2 Å². The van der Waals surface area contributed by atoms with Crippen LogP contribution in [-0.2, 0) is 16.0 Å². The number of carbonyl (C=O) groups excluding carboxylic acids is 2. The summed E-state index contributed by atoms with van der Waals surface area (Å²) in [6.45, 7) is 7.56. The average Bonchev–Trinajstić information content (AvgIpc) is 2.60. The van der Waals surface area contributed by atoms with Crippen LogP contribution in [-0.4, -0.2) is 35.0 Å². The molecular weight excluding hydrogens is 397 g/mol. The van der Waals surface area contributed by atoms with Gasteiger partial charge in [-0.2, -0.15) is 0 Å². The van der Waals surface area contributed by atoms with Gasteiger partial charge in [0.05, 0.1) is 10.6 Å². The first kappa shape index (κ1) is 22.3. The first-order valence-corrected chi connectivity index (χ1v) is 9.90. The Morgan fingerprint density at radius 1 is 1.07 bits per heavy atom. The van der Waals surface area contributed by atoms with Crippen molar-refractivity contribution in [1.29, 1.82) is 0 Å². The van der Waals surface area contributed by atoms with Crippen molar-refractivity contribution < 1.29 is 14.3 Å². The molecule has 0 spiro atoms. The summed E-state index contributed by atoms with van der Waals surface area (Å²) in [7, 11) is 0. The van der Waals surface area contributed by atoms with Gasteiger partial charge in [-0.25, -0.2) is 4.79 Å². The Hall–Kier alpha value is -2.04. The monoisotopic (exact) mass is 421 g/mol. The van der Waals surface area contributed by atoms with E-state index in [1.807, 2.05) is 37.3 Å². The molecule has 0 saturated carbocycles. The van der Waals surface area contributed by atoms with Gasteiger partial charge in [0.1, 0.15) is 11.6 Å². The molecule has 2 aromatic rings. The van der Waals surface area contributed by atoms with Gasteiger partial charge in [0.25, 0.3) is 5.91 Å². The summed E-state index contributed by atoms with van der Waals surface area (Å²) in [5.74, 6) is -0.785. The Kier molecular flexibility index (Phi) is 7.50. The zero-order valence-corrected chi connectivity index (χ0v) is 18.1. The molecule has 0 aromatic heterocycles. The van der Waals surface area contributed by atoms with Crippen LogP contribution < -0.4 is 0 Å². The van der Waals surface area contributed by atoms with Crippen molar-refractivity contribution in [2.24, 2.45) is 0 Å². The summed E-state index contributed by atoms with van der Waals surface area (Å²) in [5.41, 5.74) is 0.577. The highest BCUT2D eigenvalue weighted by Crippen LogP contribution is 2.24. The van der Waals surface area contributed by atoms with Gasteiger partial charge in [0, 0.05) is 18.0 Å². The third-order valence-corrected chi connectivity index (χ3v) is 4.64. The largest absolute Gasteiger partial charge is 0.458 e. The number of amides is 1. The van der Waals surface area contributed by atoms with Crippen molar-refractivity contribution in [3.8, 4) is 0 Å². The maximum atomic E-state index is 13.2. The molecule has 1 amide bonds. The van der Waals surface area contributed by atoms with Crippen molar-refractivity contribution in [2.45, 2.75) is 45.8 Å². The minimum atomic E-state index is -0.772. The third kappa shape index (κ3) is 5.98. The van der Waals surface area contributed by atoms with E-state index in [1.54, 1.807) is 32.9 Å². The topological polar surface area (TPSA) is 46.6 Å². The van der Waals surface area contributed by atoms with Crippen molar-refractivity contribution in [2.75, 3.05) is 6.54 Å². The highest BCUT2D eigenvalue weighted by molar-refractivity contribution is 6.36. The van der Waals surface area contributed by atoms with Gasteiger partial charge in [0.2, 0.25) is 0 Å². The summed E-state index contributed by atoms with van der Waals surface area (Å²) in [4.78, 5) is 27.7. The predicted molar refractivity (Wildman–Crippen MR) is 113 cm³/mol. The normalized spacial score (nSPS) is 12.4. The van der Waals surface area contributed by atoms with Gasteiger partial charge in [-0.1, -0.05) is 53.5 Å². The lowest BCUT2D eigenvalue weighted by Crippen LogP contribution is -2.48. The Labute approximate surface area is 176 Å². The molecule has 6 heteroatoms. The van der Waals surface area contributed by atoms with Crippen molar-refractivity contribution in [1.82, 2.24) is 4.90 Å². The molecule has 0 radical (unpaired) electrons. The number of halogens is 2. The van der Waals surface area contributed by atoms with Crippen LogP contribution in [0.3, 0.4) is 0 Å². The van der Waals surface area contributed by atoms with Crippen LogP contribution in [0, 0.1) is 0 Å². The number of esters is 1. The number of likely N-dealkylation sites (N-methyl/N-ethyl adjacent to an activating group) is 1. The summed E-state index contributed by atoms with van der Waals surface area (Å²) >= 11 is 12.2. The number of nitrogens with zero attached hydrogens (tertiary/aromatic N) is 1. The zero-order valence-electron chi connectivity index (χ0n) is 16.5. The summed E-state index contributed by atoms with van der Waals surface area (Å²) in [6.07, 6.45) is 0.348. The second kappa shape index (κ2) is 9.44. The lowest BCUT2D eigenvalue weighted by molar-refractivity contribution is -0.160. The minimum Gasteiger partial charge on any atom is -0.458 e. The molecule has 0 aliphatic carbocycles. The maximum absolute atomic E-state index is 13.2. The number of benzene rings is 2. The quantitative estimate of drug-likeness (QED) is 0.585. The van der Waals surface area contributed by atoms with Gasteiger partial charge >= 0.3 is 5.97 Å². The lowest BCUT2D eigenvalue weighted by Gasteiger charge is -2.32. The molecule has 0 aliphatic heterocycles. The second-order valence-electron chi connectivity index (χ2n) is 7.45. The number of ether oxygens (including phenoxy) is 1. The summed E-state index contributed by atoms with van der Waals surface area (Å²) in [5, 5.41) is 0.691. The van der Waals surface area contributed by atoms with E-state index in [2.05, 4.69) is 0 Å². The van der Waals surface area contributed by atoms with Gasteiger partial charge in [-0.05, 0) is 51.5 Å². The lowest BCUT2D eigenvalue weighted by atomic mass is 10.0. The van der Waals surface area contributed by atoms with E-state index in [9.17, 15) is 9.59 Å². The standard InChI is InChI=1S/C22H25Cl2NO3/c1-5-25(20(26)17-12-11-16(23)14-18(17)24)19(21(27)28-22(2,3)4)13-15-9-7-6-8-10-15/h6-12,14,19H,5,13H2,1-4H3. The highest BCUT2D eigenvalue weighted by atomic mass is 35.5. The molecule has 0 saturated heterocycles. The van der Waals surface area contributed by atoms with Gasteiger partial charge in [-0.15, -0.1) is 0 Å². The highest BCUT2D eigenvalue weighted by Gasteiger charge is 2.33. The minimum absolute atomic E-state index is 0.249. The Morgan fingerprint density at radius 2 is 1.71 bits per heavy atom. The fraction of sp³-hybridized carbons (Fsp3) is 0.364. The molecule has 0 aliphatic rings. The molecule has 0 bridgehead atoms. The fourth-order valence-corrected chi connectivity index (χ4v) is 3.34. The number of carbonyl (C=O) groups is 2. The van der Waals surface area contributed by atoms with Gasteiger partial charge < -0.3 is 9.64 Å². The molecule has 0 fully saturated rings. The molecule has 1 atom stereocenters. The Balaban J connectivity index is 2.39. The fourth-order valence-electron chi connectivity index (χ4n) is 2.85. The average molecular weight is 422 g/mol. The van der Waals surface area contributed by atoms with E-state index in [1.165, 1.54) is 11.0 Å². The van der Waals surface area contributed by atoms with Crippen LogP contribution in [0.2, 0.25) is 10.0 Å². The van der Waals surface area contributed by atoms with Crippen molar-refractivity contribution in [3.05, 3.63) is 69.7 Å². The van der Waals surface area contributed by atoms with Crippen LogP contribution in [0.1, 0.15) is 43.6 Å². The van der Waals surface area contributed by atoms with E-state index in [-0.39, 0.29) is 10.9 Å². The van der Waals surface area contributed by atoms with Crippen molar-refractivity contribution >= 4 is 35.1 Å². The molecule has 150 valence electrons. The van der Waals surface area contributed by atoms with E-state index in [0.29, 0.717) is 23.6 Å². The van der Waals surface area contributed by atoms with E-state index < -0.39 is 17.6 Å². The molecule has 4 nitrogen and oxygen atoms in total. The Bertz CT molecular complexity index is 831. The number of hydrogen-bond donors (Lipinski definition) is 0. The van der Waals surface area contributed by atoms with E-state index >= 15 is 0 Å². The SMILES string of the molecule is CCN(C(=O)c1ccc(Cl)cc1Cl)C(Cc1ccccc1)C(=O)OC(C)(C)C. The number of hydrogen-bond acceptors (Lipinski definition) is 3. The number of rotatable bonds is 6. The summed E-state index contributed by atoms with van der Waals surface area (Å²) in [6, 6.07) is 13.5. The van der Waals surface area contributed by atoms with Crippen LogP contribution in [0.25, 0.3) is 0 Å². The first-order valence-electron chi connectivity index (χ1n) is 9.15. The van der Waals surface area contributed by atoms with Gasteiger partial charge in [0.15, 0.2) is 0 Å². The predicted octanol–water partition coefficient (Wildman–Crippen LogP) is 5.41. The molecule has 28 heavy (non-hydrogen) atoms. The smallest absolute Gasteiger partial charge is 0.329 e. The van der Waals surface area contributed by atoms with Crippen LogP contribution in [0.15, 0.2) is 48.5 Å². The molecule has 1 unspecified atom stereocenters. The van der Waals surface area contributed by atoms with Crippen molar-refractivity contribution in [3.63, 3.8) is 0 Å². The Morgan fingerprint density at radius 3 is 2.25 bits per heavy atom. The van der Waals surface area contributed by atoms with Crippen LogP contribution in [0.5, 0.6) is 0 Å². The zero-order chi connectivity index (χ0) is 20.9. The molecule has 2 aromatic carbocycles. The summed E-state index contributed by atoms with van der Waals surface area (Å²) < 4.78 is 5.60.